The van der Waals surface area contributed by atoms with E-state index in [0.717, 1.165) is 0 Å². The molecule has 1 heterocycles. The largest absolute Gasteiger partial charge is 0.416 e. The van der Waals surface area contributed by atoms with Gasteiger partial charge in [-0.05, 0) is 18.2 Å². The fourth-order valence-corrected chi connectivity index (χ4v) is 2.40. The fourth-order valence-electron chi connectivity index (χ4n) is 2.40. The van der Waals surface area contributed by atoms with Crippen molar-refractivity contribution in [3.8, 4) is 0 Å². The van der Waals surface area contributed by atoms with Crippen LogP contribution < -0.4 is 5.32 Å². The summed E-state index contributed by atoms with van der Waals surface area (Å²) in [6.45, 7) is 1.32. The molecule has 21 heavy (non-hydrogen) atoms. The van der Waals surface area contributed by atoms with Crippen LogP contribution >= 0.6 is 0 Å². The fraction of sp³-hybridized carbons (Fsp3) is 0.538. The number of rotatable bonds is 3. The molecule has 1 atom stereocenters. The first-order valence-corrected chi connectivity index (χ1v) is 6.40. The maximum absolute atomic E-state index is 13.8. The predicted molar refractivity (Wildman–Crippen MR) is 64.6 cm³/mol. The maximum atomic E-state index is 13.8. The van der Waals surface area contributed by atoms with Crippen molar-refractivity contribution in [2.24, 2.45) is 0 Å². The van der Waals surface area contributed by atoms with Gasteiger partial charge in [-0.15, -0.1) is 0 Å². The van der Waals surface area contributed by atoms with E-state index in [9.17, 15) is 26.3 Å². The first kappa shape index (κ1) is 16.1. The van der Waals surface area contributed by atoms with Crippen LogP contribution in [0.15, 0.2) is 18.2 Å². The molecule has 1 N–H and O–H groups in total. The monoisotopic (exact) mass is 312 g/mol. The van der Waals surface area contributed by atoms with E-state index >= 15 is 0 Å². The molecule has 1 aromatic carbocycles. The summed E-state index contributed by atoms with van der Waals surface area (Å²) in [7, 11) is 0. The molecule has 0 aromatic heterocycles. The van der Waals surface area contributed by atoms with Gasteiger partial charge in [0.1, 0.15) is 5.82 Å². The molecule has 0 saturated carbocycles. The minimum atomic E-state index is -4.70. The second kappa shape index (κ2) is 6.23. The Morgan fingerprint density at radius 3 is 2.24 bits per heavy atom. The van der Waals surface area contributed by atoms with Gasteiger partial charge in [-0.2, -0.15) is 13.2 Å². The highest BCUT2D eigenvalue weighted by Crippen LogP contribution is 2.35. The lowest BCUT2D eigenvalue weighted by Gasteiger charge is -2.35. The van der Waals surface area contributed by atoms with E-state index in [1.807, 2.05) is 0 Å². The summed E-state index contributed by atoms with van der Waals surface area (Å²) >= 11 is 0. The molecule has 0 spiro atoms. The van der Waals surface area contributed by atoms with Gasteiger partial charge in [0.25, 0.3) is 6.43 Å². The molecule has 1 fully saturated rings. The lowest BCUT2D eigenvalue weighted by atomic mass is 10.0. The van der Waals surface area contributed by atoms with Gasteiger partial charge < -0.3 is 5.32 Å². The van der Waals surface area contributed by atoms with Gasteiger partial charge in [-0.1, -0.05) is 0 Å². The summed E-state index contributed by atoms with van der Waals surface area (Å²) < 4.78 is 78.3. The number of halogens is 6. The van der Waals surface area contributed by atoms with Crippen molar-refractivity contribution < 1.29 is 26.3 Å². The van der Waals surface area contributed by atoms with Crippen LogP contribution in [0.25, 0.3) is 0 Å². The highest BCUT2D eigenvalue weighted by molar-refractivity contribution is 5.30. The molecule has 1 aliphatic rings. The van der Waals surface area contributed by atoms with Crippen LogP contribution in [0.4, 0.5) is 26.3 Å². The van der Waals surface area contributed by atoms with Crippen LogP contribution in [-0.4, -0.2) is 37.5 Å². The van der Waals surface area contributed by atoms with E-state index in [2.05, 4.69) is 5.32 Å². The average Bonchev–Trinajstić information content (AvgIpc) is 2.40. The summed E-state index contributed by atoms with van der Waals surface area (Å²) in [6, 6.07) is -0.0438. The predicted octanol–water partition coefficient (Wildman–Crippen LogP) is 3.06. The van der Waals surface area contributed by atoms with Gasteiger partial charge >= 0.3 is 6.18 Å². The Hall–Kier alpha value is -1.28. The normalized spacial score (nSPS) is 19.0. The van der Waals surface area contributed by atoms with Crippen LogP contribution in [0.5, 0.6) is 0 Å². The second-order valence-corrected chi connectivity index (χ2v) is 4.80. The van der Waals surface area contributed by atoms with Crippen LogP contribution in [-0.2, 0) is 6.18 Å². The Morgan fingerprint density at radius 2 is 1.71 bits per heavy atom. The summed E-state index contributed by atoms with van der Waals surface area (Å²) in [5, 5.41) is 2.95. The van der Waals surface area contributed by atoms with E-state index in [0.29, 0.717) is 31.3 Å². The topological polar surface area (TPSA) is 15.3 Å². The Bertz CT molecular complexity index is 482. The number of nitrogens with one attached hydrogen (secondary N) is 1. The van der Waals surface area contributed by atoms with Crippen molar-refractivity contribution in [3.63, 3.8) is 0 Å². The highest BCUT2D eigenvalue weighted by Gasteiger charge is 2.36. The maximum Gasteiger partial charge on any atom is 0.416 e. The number of alkyl halides is 5. The van der Waals surface area contributed by atoms with Crippen LogP contribution in [0.2, 0.25) is 0 Å². The first-order chi connectivity index (χ1) is 9.80. The zero-order valence-corrected chi connectivity index (χ0v) is 10.9. The van der Waals surface area contributed by atoms with Gasteiger partial charge in [0.05, 0.1) is 11.6 Å². The standard InChI is InChI=1S/C13H14F6N2/c14-10-2-1-8(13(17,18)19)7-9(10)11(12(15)16)21-5-3-20-4-6-21/h1-2,7,11-12,20H,3-6H2/t11-/m1/s1. The minimum Gasteiger partial charge on any atom is -0.314 e. The Labute approximate surface area is 117 Å². The first-order valence-electron chi connectivity index (χ1n) is 6.40. The molecule has 0 bridgehead atoms. The molecule has 1 saturated heterocycles. The molecule has 2 rings (SSSR count). The summed E-state index contributed by atoms with van der Waals surface area (Å²) in [5.74, 6) is -1.05. The Balaban J connectivity index is 2.39. The van der Waals surface area contributed by atoms with Gasteiger partial charge in [-0.3, -0.25) is 4.90 Å². The lowest BCUT2D eigenvalue weighted by Crippen LogP contribution is -2.47. The van der Waals surface area contributed by atoms with Crippen LogP contribution in [0, 0.1) is 5.82 Å². The van der Waals surface area contributed by atoms with Gasteiger partial charge in [0.15, 0.2) is 0 Å². The van der Waals surface area contributed by atoms with Gasteiger partial charge in [0.2, 0.25) is 0 Å². The third kappa shape index (κ3) is 3.68. The molecule has 0 aliphatic carbocycles. The quantitative estimate of drug-likeness (QED) is 0.863. The summed E-state index contributed by atoms with van der Waals surface area (Å²) in [4.78, 5) is 1.31. The zero-order chi connectivity index (χ0) is 15.6. The lowest BCUT2D eigenvalue weighted by molar-refractivity contribution is -0.137. The molecule has 0 unspecified atom stereocenters. The zero-order valence-electron chi connectivity index (χ0n) is 10.9. The van der Waals surface area contributed by atoms with E-state index in [1.165, 1.54) is 4.90 Å². The molecule has 1 aromatic rings. The number of nitrogens with zero attached hydrogens (tertiary/aromatic N) is 1. The van der Waals surface area contributed by atoms with Crippen molar-refractivity contribution in [2.45, 2.75) is 18.6 Å². The summed E-state index contributed by atoms with van der Waals surface area (Å²) in [5.41, 5.74) is -1.73. The van der Waals surface area contributed by atoms with E-state index in [4.69, 9.17) is 0 Å². The smallest absolute Gasteiger partial charge is 0.314 e. The molecule has 1 aliphatic heterocycles. The number of hydrogen-bond acceptors (Lipinski definition) is 2. The Morgan fingerprint density at radius 1 is 1.10 bits per heavy atom. The van der Waals surface area contributed by atoms with Crippen LogP contribution in [0.3, 0.4) is 0 Å². The van der Waals surface area contributed by atoms with Crippen molar-refractivity contribution in [1.82, 2.24) is 10.2 Å². The van der Waals surface area contributed by atoms with Gasteiger partial charge in [-0.25, -0.2) is 13.2 Å². The third-order valence-corrected chi connectivity index (χ3v) is 3.43. The Kier molecular flexibility index (Phi) is 4.77. The number of hydrogen-bond donors (Lipinski definition) is 1. The third-order valence-electron chi connectivity index (χ3n) is 3.43. The summed E-state index contributed by atoms with van der Waals surface area (Å²) in [6.07, 6.45) is -7.67. The molecular formula is C13H14F6N2. The van der Waals surface area contributed by atoms with Crippen LogP contribution in [0.1, 0.15) is 17.2 Å². The van der Waals surface area contributed by atoms with Crippen molar-refractivity contribution in [2.75, 3.05) is 26.2 Å². The molecule has 8 heteroatoms. The molecule has 2 nitrogen and oxygen atoms in total. The molecule has 0 amide bonds. The van der Waals surface area contributed by atoms with Crippen molar-refractivity contribution in [3.05, 3.63) is 35.1 Å². The van der Waals surface area contributed by atoms with Crippen molar-refractivity contribution >= 4 is 0 Å². The molecule has 118 valence electrons. The minimum absolute atomic E-state index is 0.227. The molecular weight excluding hydrogens is 298 g/mol. The second-order valence-electron chi connectivity index (χ2n) is 4.80. The van der Waals surface area contributed by atoms with E-state index in [1.54, 1.807) is 0 Å². The number of piperazine rings is 1. The van der Waals surface area contributed by atoms with E-state index in [-0.39, 0.29) is 13.1 Å². The van der Waals surface area contributed by atoms with E-state index < -0.39 is 35.6 Å². The molecule has 0 radical (unpaired) electrons. The highest BCUT2D eigenvalue weighted by atomic mass is 19.4. The SMILES string of the molecule is Fc1ccc(C(F)(F)F)cc1[C@H](C(F)F)N1CCNCC1. The number of benzene rings is 1. The average molecular weight is 312 g/mol. The van der Waals surface area contributed by atoms with Gasteiger partial charge in [0, 0.05) is 31.7 Å². The van der Waals surface area contributed by atoms with Crippen molar-refractivity contribution in [1.29, 1.82) is 0 Å².